The van der Waals surface area contributed by atoms with E-state index < -0.39 is 5.97 Å². The van der Waals surface area contributed by atoms with Gasteiger partial charge in [0, 0.05) is 16.6 Å². The molecule has 0 atom stereocenters. The van der Waals surface area contributed by atoms with Crippen molar-refractivity contribution < 1.29 is 9.90 Å². The van der Waals surface area contributed by atoms with Crippen LogP contribution in [0.5, 0.6) is 0 Å². The summed E-state index contributed by atoms with van der Waals surface area (Å²) in [5.74, 6) is -1.14. The molecule has 0 radical (unpaired) electrons. The van der Waals surface area contributed by atoms with Gasteiger partial charge in [0.25, 0.3) is 0 Å². The molecule has 130 valence electrons. The number of fused-ring (bicyclic) bond motifs is 1. The third-order valence-electron chi connectivity index (χ3n) is 4.48. The number of aryl methyl sites for hydroxylation is 1. The van der Waals surface area contributed by atoms with Gasteiger partial charge in [-0.25, -0.2) is 4.79 Å². The number of unbranched alkanes of at least 4 members (excludes halogenated alkanes) is 7. The zero-order valence-corrected chi connectivity index (χ0v) is 14.4. The van der Waals surface area contributed by atoms with Gasteiger partial charge in [-0.2, -0.15) is 0 Å². The second-order valence-electron chi connectivity index (χ2n) is 6.38. The number of carboxylic acids is 1. The summed E-state index contributed by atoms with van der Waals surface area (Å²) in [6.07, 6.45) is 10.1. The molecule has 0 bridgehead atoms. The fourth-order valence-electron chi connectivity index (χ4n) is 3.14. The number of carbonyl (C=O) groups is 1. The summed E-state index contributed by atoms with van der Waals surface area (Å²) in [7, 11) is 0. The largest absolute Gasteiger partial charge is 0.477 e. The molecule has 0 aliphatic heterocycles. The lowest BCUT2D eigenvalue weighted by Crippen LogP contribution is -2.19. The molecule has 0 aliphatic rings. The van der Waals surface area contributed by atoms with Gasteiger partial charge in [0.2, 0.25) is 5.43 Å². The van der Waals surface area contributed by atoms with Crippen LogP contribution in [-0.4, -0.2) is 16.1 Å². The molecule has 0 spiro atoms. The van der Waals surface area contributed by atoms with Gasteiger partial charge < -0.3 is 10.1 Å². The Hall–Kier alpha value is -2.10. The summed E-state index contributed by atoms with van der Waals surface area (Å²) in [4.78, 5) is 27.1. The van der Waals surface area contributed by atoms with Crippen molar-refractivity contribution in [1.29, 1.82) is 0 Å². The van der Waals surface area contributed by atoms with Crippen LogP contribution in [0.1, 0.15) is 74.3 Å². The van der Waals surface area contributed by atoms with E-state index in [0.717, 1.165) is 12.8 Å². The minimum atomic E-state index is -1.14. The Labute approximate surface area is 142 Å². The van der Waals surface area contributed by atoms with Gasteiger partial charge >= 0.3 is 5.97 Å². The molecular weight excluding hydrogens is 302 g/mol. The van der Waals surface area contributed by atoms with Crippen LogP contribution in [0, 0.1) is 0 Å². The number of rotatable bonds is 10. The van der Waals surface area contributed by atoms with Crippen LogP contribution >= 0.6 is 0 Å². The number of aromatic amines is 1. The summed E-state index contributed by atoms with van der Waals surface area (Å²) in [5, 5.41) is 9.85. The van der Waals surface area contributed by atoms with E-state index >= 15 is 0 Å². The second-order valence-corrected chi connectivity index (χ2v) is 6.38. The Kier molecular flexibility index (Phi) is 7.04. The van der Waals surface area contributed by atoms with Gasteiger partial charge in [0.1, 0.15) is 5.56 Å². The summed E-state index contributed by atoms with van der Waals surface area (Å²) in [5.41, 5.74) is 0.780. The van der Waals surface area contributed by atoms with E-state index in [2.05, 4.69) is 11.9 Å². The second kappa shape index (κ2) is 9.26. The van der Waals surface area contributed by atoms with Gasteiger partial charge in [-0.3, -0.25) is 4.79 Å². The van der Waals surface area contributed by atoms with Crippen LogP contribution in [0.4, 0.5) is 0 Å². The predicted molar refractivity (Wildman–Crippen MR) is 97.8 cm³/mol. The minimum absolute atomic E-state index is 0.100. The van der Waals surface area contributed by atoms with E-state index in [9.17, 15) is 14.7 Å². The number of aromatic carboxylic acids is 1. The minimum Gasteiger partial charge on any atom is -0.477 e. The smallest absolute Gasteiger partial charge is 0.341 e. The van der Waals surface area contributed by atoms with E-state index in [1.165, 1.54) is 38.5 Å². The molecule has 0 fully saturated rings. The zero-order chi connectivity index (χ0) is 17.4. The summed E-state index contributed by atoms with van der Waals surface area (Å²) >= 11 is 0. The Balaban J connectivity index is 1.99. The third-order valence-corrected chi connectivity index (χ3v) is 4.48. The number of hydrogen-bond acceptors (Lipinski definition) is 2. The van der Waals surface area contributed by atoms with Crippen molar-refractivity contribution in [3.05, 3.63) is 45.7 Å². The maximum atomic E-state index is 12.4. The summed E-state index contributed by atoms with van der Waals surface area (Å²) in [6, 6.07) is 7.08. The molecule has 2 N–H and O–H groups in total. The molecule has 0 saturated heterocycles. The number of H-pyrrole nitrogens is 1. The zero-order valence-electron chi connectivity index (χ0n) is 14.4. The standard InChI is InChI=1S/C20H27NO3/c1-2-3-4-5-6-7-8-9-14-17-18(20(23)24)19(22)15-12-10-11-13-16(15)21-17/h10-13H,2-9,14H2,1H3,(H,21,22)(H,23,24). The first-order chi connectivity index (χ1) is 11.6. The molecule has 24 heavy (non-hydrogen) atoms. The number of aromatic nitrogens is 1. The van der Waals surface area contributed by atoms with E-state index in [0.29, 0.717) is 23.0 Å². The van der Waals surface area contributed by atoms with Crippen molar-refractivity contribution in [2.45, 2.75) is 64.7 Å². The lowest BCUT2D eigenvalue weighted by atomic mass is 10.0. The molecular formula is C20H27NO3. The topological polar surface area (TPSA) is 70.2 Å². The van der Waals surface area contributed by atoms with Gasteiger partial charge in [0.15, 0.2) is 0 Å². The van der Waals surface area contributed by atoms with Crippen LogP contribution in [0.2, 0.25) is 0 Å². The monoisotopic (exact) mass is 329 g/mol. The maximum absolute atomic E-state index is 12.4. The van der Waals surface area contributed by atoms with Crippen molar-refractivity contribution in [2.24, 2.45) is 0 Å². The number of carboxylic acid groups (broad SMARTS) is 1. The Morgan fingerprint density at radius 1 is 1.00 bits per heavy atom. The molecule has 4 heteroatoms. The number of hydrogen-bond donors (Lipinski definition) is 2. The molecule has 2 aromatic rings. The van der Waals surface area contributed by atoms with Crippen LogP contribution < -0.4 is 5.43 Å². The number of benzene rings is 1. The lowest BCUT2D eigenvalue weighted by molar-refractivity contribution is 0.0694. The number of para-hydroxylation sites is 1. The van der Waals surface area contributed by atoms with Gasteiger partial charge in [-0.1, -0.05) is 64.0 Å². The highest BCUT2D eigenvalue weighted by Crippen LogP contribution is 2.15. The fourth-order valence-corrected chi connectivity index (χ4v) is 3.14. The third kappa shape index (κ3) is 4.70. The van der Waals surface area contributed by atoms with Crippen LogP contribution in [0.15, 0.2) is 29.1 Å². The highest BCUT2D eigenvalue weighted by molar-refractivity contribution is 5.93. The van der Waals surface area contributed by atoms with E-state index in [1.807, 2.05) is 12.1 Å². The van der Waals surface area contributed by atoms with Gasteiger partial charge in [0.05, 0.1) is 0 Å². The number of pyridine rings is 1. The molecule has 1 aromatic carbocycles. The van der Waals surface area contributed by atoms with Gasteiger partial charge in [-0.15, -0.1) is 0 Å². The molecule has 0 amide bonds. The van der Waals surface area contributed by atoms with E-state index in [1.54, 1.807) is 12.1 Å². The SMILES string of the molecule is CCCCCCCCCCc1[nH]c2ccccc2c(=O)c1C(=O)O. The Morgan fingerprint density at radius 2 is 1.62 bits per heavy atom. The first kappa shape index (κ1) is 18.2. The quantitative estimate of drug-likeness (QED) is 0.608. The van der Waals surface area contributed by atoms with Crippen molar-refractivity contribution in [3.63, 3.8) is 0 Å². The molecule has 0 saturated carbocycles. The highest BCUT2D eigenvalue weighted by atomic mass is 16.4. The van der Waals surface area contributed by atoms with Crippen LogP contribution in [0.3, 0.4) is 0 Å². The summed E-state index contributed by atoms with van der Waals surface area (Å²) < 4.78 is 0. The normalized spacial score (nSPS) is 11.0. The Bertz CT molecular complexity index is 733. The number of nitrogens with one attached hydrogen (secondary N) is 1. The van der Waals surface area contributed by atoms with Crippen molar-refractivity contribution in [3.8, 4) is 0 Å². The highest BCUT2D eigenvalue weighted by Gasteiger charge is 2.17. The van der Waals surface area contributed by atoms with Crippen LogP contribution in [-0.2, 0) is 6.42 Å². The molecule has 0 unspecified atom stereocenters. The van der Waals surface area contributed by atoms with E-state index in [4.69, 9.17) is 0 Å². The maximum Gasteiger partial charge on any atom is 0.341 e. The predicted octanol–water partition coefficient (Wildman–Crippen LogP) is 4.91. The molecule has 1 heterocycles. The summed E-state index contributed by atoms with van der Waals surface area (Å²) in [6.45, 7) is 2.21. The molecule has 2 rings (SSSR count). The average Bonchev–Trinajstić information content (AvgIpc) is 2.57. The first-order valence-corrected chi connectivity index (χ1v) is 9.02. The molecule has 4 nitrogen and oxygen atoms in total. The average molecular weight is 329 g/mol. The first-order valence-electron chi connectivity index (χ1n) is 9.02. The molecule has 0 aliphatic carbocycles. The van der Waals surface area contributed by atoms with Crippen molar-refractivity contribution in [2.75, 3.05) is 0 Å². The van der Waals surface area contributed by atoms with E-state index in [-0.39, 0.29) is 11.0 Å². The Morgan fingerprint density at radius 3 is 2.29 bits per heavy atom. The molecule has 1 aromatic heterocycles. The van der Waals surface area contributed by atoms with Crippen LogP contribution in [0.25, 0.3) is 10.9 Å². The lowest BCUT2D eigenvalue weighted by Gasteiger charge is -2.09. The van der Waals surface area contributed by atoms with Gasteiger partial charge in [-0.05, 0) is 25.0 Å². The van der Waals surface area contributed by atoms with Crippen molar-refractivity contribution in [1.82, 2.24) is 4.98 Å². The van der Waals surface area contributed by atoms with Crippen molar-refractivity contribution >= 4 is 16.9 Å². The fraction of sp³-hybridized carbons (Fsp3) is 0.500.